The van der Waals surface area contributed by atoms with E-state index in [1.54, 1.807) is 73.8 Å². The van der Waals surface area contributed by atoms with E-state index in [-0.39, 0.29) is 5.91 Å². The number of azo groups is 1. The number of hydrogen-bond donors (Lipinski definition) is 2. The Morgan fingerprint density at radius 1 is 1.00 bits per heavy atom. The summed E-state index contributed by atoms with van der Waals surface area (Å²) in [6.45, 7) is 0. The number of ether oxygens (including phenoxy) is 1. The van der Waals surface area contributed by atoms with Crippen LogP contribution in [0.3, 0.4) is 0 Å². The number of nitrogen functional groups attached to an aromatic ring is 1. The van der Waals surface area contributed by atoms with Crippen LogP contribution in [0.4, 0.5) is 22.7 Å². The van der Waals surface area contributed by atoms with E-state index in [0.29, 0.717) is 38.5 Å². The molecule has 0 saturated carbocycles. The van der Waals surface area contributed by atoms with Crippen molar-refractivity contribution >= 4 is 57.9 Å². The predicted molar refractivity (Wildman–Crippen MR) is 122 cm³/mol. The topological polar surface area (TPSA) is 89.1 Å². The molecular formula is C22H18Cl2N4O2. The van der Waals surface area contributed by atoms with Gasteiger partial charge in [0.2, 0.25) is 5.91 Å². The number of carbonyl (C=O) groups is 1. The molecule has 0 spiro atoms. The van der Waals surface area contributed by atoms with Crippen LogP contribution in [-0.4, -0.2) is 13.0 Å². The standard InChI is InChI=1S/C22H18Cl2N4O2/c1-30-15-8-10-20(17(24)13-15)28-27-19-9-6-14(12-16(19)23)7-11-22(29)26-21-5-3-2-4-18(21)25/h2-13H,25H2,1H3,(H,26,29)/b11-7+,28-27?. The third kappa shape index (κ3) is 5.59. The zero-order valence-electron chi connectivity index (χ0n) is 16.0. The Labute approximate surface area is 184 Å². The van der Waals surface area contributed by atoms with Crippen molar-refractivity contribution in [3.63, 3.8) is 0 Å². The van der Waals surface area contributed by atoms with Gasteiger partial charge in [-0.05, 0) is 48.0 Å². The van der Waals surface area contributed by atoms with E-state index < -0.39 is 0 Å². The molecule has 0 unspecified atom stereocenters. The molecule has 0 atom stereocenters. The van der Waals surface area contributed by atoms with Crippen LogP contribution in [0, 0.1) is 0 Å². The number of nitrogens with two attached hydrogens (primary N) is 1. The summed E-state index contributed by atoms with van der Waals surface area (Å²) in [6.07, 6.45) is 3.04. The van der Waals surface area contributed by atoms with Gasteiger partial charge in [-0.25, -0.2) is 0 Å². The molecule has 0 aromatic heterocycles. The minimum Gasteiger partial charge on any atom is -0.497 e. The smallest absolute Gasteiger partial charge is 0.248 e. The first-order chi connectivity index (χ1) is 14.5. The van der Waals surface area contributed by atoms with Crippen molar-refractivity contribution in [1.82, 2.24) is 0 Å². The third-order valence-electron chi connectivity index (χ3n) is 4.04. The number of halogens is 2. The van der Waals surface area contributed by atoms with E-state index in [1.807, 2.05) is 0 Å². The molecule has 3 aromatic rings. The summed E-state index contributed by atoms with van der Waals surface area (Å²) in [7, 11) is 1.56. The molecule has 3 rings (SSSR count). The number of rotatable bonds is 6. The molecule has 1 amide bonds. The van der Waals surface area contributed by atoms with Gasteiger partial charge in [0, 0.05) is 12.1 Å². The summed E-state index contributed by atoms with van der Waals surface area (Å²) in [6, 6.07) is 17.3. The lowest BCUT2D eigenvalue weighted by Crippen LogP contribution is -2.09. The molecule has 0 radical (unpaired) electrons. The Bertz CT molecular complexity index is 1130. The molecular weight excluding hydrogens is 423 g/mol. The molecule has 0 aliphatic rings. The van der Waals surface area contributed by atoms with Gasteiger partial charge in [0.15, 0.2) is 0 Å². The van der Waals surface area contributed by atoms with E-state index in [2.05, 4.69) is 15.5 Å². The van der Waals surface area contributed by atoms with Crippen LogP contribution in [0.15, 0.2) is 77.0 Å². The largest absolute Gasteiger partial charge is 0.497 e. The van der Waals surface area contributed by atoms with Gasteiger partial charge in [-0.1, -0.05) is 41.4 Å². The summed E-state index contributed by atoms with van der Waals surface area (Å²) in [4.78, 5) is 12.1. The Morgan fingerprint density at radius 2 is 1.67 bits per heavy atom. The Kier molecular flexibility index (Phi) is 7.06. The zero-order chi connectivity index (χ0) is 21.5. The second-order valence-electron chi connectivity index (χ2n) is 6.14. The second-order valence-corrected chi connectivity index (χ2v) is 6.95. The fraction of sp³-hybridized carbons (Fsp3) is 0.0455. The number of benzene rings is 3. The maximum atomic E-state index is 12.1. The average Bonchev–Trinajstić information content (AvgIpc) is 2.74. The lowest BCUT2D eigenvalue weighted by atomic mass is 10.2. The fourth-order valence-electron chi connectivity index (χ4n) is 2.47. The molecule has 0 aliphatic carbocycles. The highest BCUT2D eigenvalue weighted by Gasteiger charge is 2.04. The van der Waals surface area contributed by atoms with Crippen molar-refractivity contribution in [2.75, 3.05) is 18.2 Å². The summed E-state index contributed by atoms with van der Waals surface area (Å²) >= 11 is 12.4. The first-order valence-electron chi connectivity index (χ1n) is 8.84. The van der Waals surface area contributed by atoms with Gasteiger partial charge in [0.1, 0.15) is 17.1 Å². The van der Waals surface area contributed by atoms with Gasteiger partial charge in [-0.3, -0.25) is 4.79 Å². The predicted octanol–water partition coefficient (Wildman–Crippen LogP) is 6.65. The molecule has 3 N–H and O–H groups in total. The van der Waals surface area contributed by atoms with Gasteiger partial charge < -0.3 is 15.8 Å². The quantitative estimate of drug-likeness (QED) is 0.255. The van der Waals surface area contributed by atoms with E-state index in [9.17, 15) is 4.79 Å². The number of anilines is 2. The summed E-state index contributed by atoms with van der Waals surface area (Å²) in [5, 5.41) is 11.8. The van der Waals surface area contributed by atoms with E-state index >= 15 is 0 Å². The Morgan fingerprint density at radius 3 is 2.30 bits per heavy atom. The van der Waals surface area contributed by atoms with Crippen molar-refractivity contribution in [1.29, 1.82) is 0 Å². The average molecular weight is 441 g/mol. The minimum absolute atomic E-state index is 0.304. The maximum absolute atomic E-state index is 12.1. The highest BCUT2D eigenvalue weighted by Crippen LogP contribution is 2.32. The number of nitrogens with zero attached hydrogens (tertiary/aromatic N) is 2. The van der Waals surface area contributed by atoms with Crippen molar-refractivity contribution in [2.24, 2.45) is 10.2 Å². The van der Waals surface area contributed by atoms with Gasteiger partial charge in [-0.15, -0.1) is 10.2 Å². The molecule has 0 heterocycles. The maximum Gasteiger partial charge on any atom is 0.248 e. The Hall–Kier alpha value is -3.35. The molecule has 8 heteroatoms. The van der Waals surface area contributed by atoms with Gasteiger partial charge in [0.25, 0.3) is 0 Å². The van der Waals surface area contributed by atoms with Crippen LogP contribution >= 0.6 is 23.2 Å². The first kappa shape index (κ1) is 21.4. The number of nitrogens with one attached hydrogen (secondary N) is 1. The highest BCUT2D eigenvalue weighted by molar-refractivity contribution is 6.33. The molecule has 6 nitrogen and oxygen atoms in total. The van der Waals surface area contributed by atoms with Crippen LogP contribution in [-0.2, 0) is 4.79 Å². The Balaban J connectivity index is 1.68. The number of hydrogen-bond acceptors (Lipinski definition) is 5. The summed E-state index contributed by atoms with van der Waals surface area (Å²) in [5.74, 6) is 0.328. The van der Waals surface area contributed by atoms with Crippen molar-refractivity contribution in [3.8, 4) is 5.75 Å². The van der Waals surface area contributed by atoms with Crippen molar-refractivity contribution in [2.45, 2.75) is 0 Å². The first-order valence-corrected chi connectivity index (χ1v) is 9.60. The normalized spacial score (nSPS) is 11.2. The van der Waals surface area contributed by atoms with E-state index in [0.717, 1.165) is 5.56 Å². The van der Waals surface area contributed by atoms with Crippen LogP contribution in [0.5, 0.6) is 5.75 Å². The van der Waals surface area contributed by atoms with Gasteiger partial charge >= 0.3 is 0 Å². The molecule has 0 bridgehead atoms. The monoisotopic (exact) mass is 440 g/mol. The van der Waals surface area contributed by atoms with E-state index in [1.165, 1.54) is 6.08 Å². The summed E-state index contributed by atoms with van der Waals surface area (Å²) in [5.41, 5.74) is 8.57. The highest BCUT2D eigenvalue weighted by atomic mass is 35.5. The van der Waals surface area contributed by atoms with Crippen LogP contribution in [0.25, 0.3) is 6.08 Å². The molecule has 0 aliphatic heterocycles. The number of amides is 1. The van der Waals surface area contributed by atoms with Crippen LogP contribution in [0.1, 0.15) is 5.56 Å². The second kappa shape index (κ2) is 9.91. The lowest BCUT2D eigenvalue weighted by Gasteiger charge is -2.05. The molecule has 152 valence electrons. The summed E-state index contributed by atoms with van der Waals surface area (Å²) < 4.78 is 5.10. The molecule has 3 aromatic carbocycles. The lowest BCUT2D eigenvalue weighted by molar-refractivity contribution is -0.111. The van der Waals surface area contributed by atoms with Crippen molar-refractivity contribution < 1.29 is 9.53 Å². The third-order valence-corrected chi connectivity index (χ3v) is 4.64. The van der Waals surface area contributed by atoms with Crippen LogP contribution < -0.4 is 15.8 Å². The van der Waals surface area contributed by atoms with Gasteiger partial charge in [-0.2, -0.15) is 0 Å². The SMILES string of the molecule is COc1ccc(N=Nc2ccc(/C=C/C(=O)Nc3ccccc3N)cc2Cl)c(Cl)c1. The molecule has 0 saturated heterocycles. The zero-order valence-corrected chi connectivity index (χ0v) is 17.5. The molecule has 0 fully saturated rings. The number of methoxy groups -OCH3 is 1. The van der Waals surface area contributed by atoms with E-state index in [4.69, 9.17) is 33.7 Å². The fourth-order valence-corrected chi connectivity index (χ4v) is 2.90. The molecule has 30 heavy (non-hydrogen) atoms. The number of para-hydroxylation sites is 2. The van der Waals surface area contributed by atoms with Crippen LogP contribution in [0.2, 0.25) is 10.0 Å². The van der Waals surface area contributed by atoms with Gasteiger partial charge in [0.05, 0.1) is 28.5 Å². The minimum atomic E-state index is -0.304. The van der Waals surface area contributed by atoms with Crippen molar-refractivity contribution in [3.05, 3.63) is 82.3 Å². The number of carbonyl (C=O) groups excluding carboxylic acids is 1.